The summed E-state index contributed by atoms with van der Waals surface area (Å²) in [6.07, 6.45) is 6.89. The van der Waals surface area contributed by atoms with Crippen molar-refractivity contribution in [3.05, 3.63) is 11.9 Å². The number of hydrogen-bond acceptors (Lipinski definition) is 4. The molecule has 0 saturated heterocycles. The van der Waals surface area contributed by atoms with E-state index in [0.717, 1.165) is 24.5 Å². The Morgan fingerprint density at radius 3 is 2.67 bits per heavy atom. The standard InChI is InChI=1S/C14H26N4/c1-4-6-7-9-11(3)16-14-10-12(15)17-13(18-14)8-5-2/h10-11H,4-9H2,1-3H3,(H3,15,16,17,18). The van der Waals surface area contributed by atoms with E-state index in [0.29, 0.717) is 11.9 Å². The van der Waals surface area contributed by atoms with E-state index < -0.39 is 0 Å². The average Bonchev–Trinajstić information content (AvgIpc) is 2.28. The van der Waals surface area contributed by atoms with Crippen molar-refractivity contribution < 1.29 is 0 Å². The van der Waals surface area contributed by atoms with Crippen molar-refractivity contribution in [2.75, 3.05) is 11.1 Å². The second kappa shape index (κ2) is 7.90. The average molecular weight is 250 g/mol. The number of nitrogens with two attached hydrogens (primary N) is 1. The number of aryl methyl sites for hydroxylation is 1. The number of nitrogens with zero attached hydrogens (tertiary/aromatic N) is 2. The van der Waals surface area contributed by atoms with Crippen LogP contribution >= 0.6 is 0 Å². The van der Waals surface area contributed by atoms with Crippen LogP contribution < -0.4 is 11.1 Å². The number of unbranched alkanes of at least 4 members (excludes halogenated alkanes) is 2. The largest absolute Gasteiger partial charge is 0.384 e. The lowest BCUT2D eigenvalue weighted by Gasteiger charge is -2.15. The molecule has 1 atom stereocenters. The first-order valence-electron chi connectivity index (χ1n) is 7.05. The second-order valence-corrected chi connectivity index (χ2v) is 4.89. The summed E-state index contributed by atoms with van der Waals surface area (Å²) in [7, 11) is 0. The highest BCUT2D eigenvalue weighted by molar-refractivity contribution is 5.45. The quantitative estimate of drug-likeness (QED) is 0.694. The number of hydrogen-bond donors (Lipinski definition) is 2. The van der Waals surface area contributed by atoms with Gasteiger partial charge < -0.3 is 11.1 Å². The molecule has 4 heteroatoms. The van der Waals surface area contributed by atoms with Gasteiger partial charge in [0.15, 0.2) is 0 Å². The molecule has 0 bridgehead atoms. The summed E-state index contributed by atoms with van der Waals surface area (Å²) in [5.41, 5.74) is 5.80. The van der Waals surface area contributed by atoms with Gasteiger partial charge >= 0.3 is 0 Å². The first-order chi connectivity index (χ1) is 8.65. The van der Waals surface area contributed by atoms with Crippen molar-refractivity contribution >= 4 is 11.6 Å². The van der Waals surface area contributed by atoms with Crippen molar-refractivity contribution in [1.82, 2.24) is 9.97 Å². The smallest absolute Gasteiger partial charge is 0.133 e. The molecule has 0 amide bonds. The molecule has 102 valence electrons. The summed E-state index contributed by atoms with van der Waals surface area (Å²) in [6.45, 7) is 6.53. The van der Waals surface area contributed by atoms with E-state index in [1.54, 1.807) is 0 Å². The summed E-state index contributed by atoms with van der Waals surface area (Å²) in [5.74, 6) is 2.24. The van der Waals surface area contributed by atoms with Crippen LogP contribution in [0.1, 0.15) is 58.7 Å². The summed E-state index contributed by atoms with van der Waals surface area (Å²) in [4.78, 5) is 8.72. The van der Waals surface area contributed by atoms with Gasteiger partial charge in [-0.3, -0.25) is 0 Å². The van der Waals surface area contributed by atoms with Gasteiger partial charge in [0.2, 0.25) is 0 Å². The van der Waals surface area contributed by atoms with Crippen molar-refractivity contribution in [1.29, 1.82) is 0 Å². The van der Waals surface area contributed by atoms with E-state index >= 15 is 0 Å². The molecule has 0 saturated carbocycles. The molecule has 1 rings (SSSR count). The Hall–Kier alpha value is -1.32. The van der Waals surface area contributed by atoms with Crippen LogP contribution in [0.5, 0.6) is 0 Å². The van der Waals surface area contributed by atoms with Gasteiger partial charge in [-0.2, -0.15) is 0 Å². The molecule has 18 heavy (non-hydrogen) atoms. The molecule has 1 aromatic heterocycles. The molecule has 0 aliphatic rings. The van der Waals surface area contributed by atoms with Gasteiger partial charge in [-0.15, -0.1) is 0 Å². The Balaban J connectivity index is 2.54. The summed E-state index contributed by atoms with van der Waals surface area (Å²) in [6, 6.07) is 2.25. The maximum atomic E-state index is 5.80. The molecule has 1 unspecified atom stereocenters. The Labute approximate surface area is 110 Å². The Kier molecular flexibility index (Phi) is 6.47. The van der Waals surface area contributed by atoms with Gasteiger partial charge in [-0.1, -0.05) is 33.1 Å². The molecular weight excluding hydrogens is 224 g/mol. The number of nitrogen functional groups attached to an aromatic ring is 1. The molecule has 0 aromatic carbocycles. The van der Waals surface area contributed by atoms with Crippen LogP contribution in [0.3, 0.4) is 0 Å². The first-order valence-corrected chi connectivity index (χ1v) is 7.05. The van der Waals surface area contributed by atoms with Crippen molar-refractivity contribution in [3.63, 3.8) is 0 Å². The number of nitrogens with one attached hydrogen (secondary N) is 1. The van der Waals surface area contributed by atoms with E-state index in [1.807, 2.05) is 6.07 Å². The monoisotopic (exact) mass is 250 g/mol. The van der Waals surface area contributed by atoms with Crippen LogP contribution in [0, 0.1) is 0 Å². The van der Waals surface area contributed by atoms with Crippen molar-refractivity contribution in [2.45, 2.75) is 65.3 Å². The van der Waals surface area contributed by atoms with Gasteiger partial charge in [0, 0.05) is 18.5 Å². The maximum absolute atomic E-state index is 5.80. The molecule has 1 aromatic rings. The van der Waals surface area contributed by atoms with Gasteiger partial charge in [-0.25, -0.2) is 9.97 Å². The van der Waals surface area contributed by atoms with Crippen LogP contribution in [0.2, 0.25) is 0 Å². The van der Waals surface area contributed by atoms with Crippen molar-refractivity contribution in [3.8, 4) is 0 Å². The fourth-order valence-corrected chi connectivity index (χ4v) is 1.95. The molecule has 0 spiro atoms. The fraction of sp³-hybridized carbons (Fsp3) is 0.714. The van der Waals surface area contributed by atoms with Gasteiger partial charge in [0.1, 0.15) is 17.5 Å². The minimum atomic E-state index is 0.431. The molecule has 0 radical (unpaired) electrons. The Morgan fingerprint density at radius 2 is 2.00 bits per heavy atom. The van der Waals surface area contributed by atoms with Gasteiger partial charge in [0.05, 0.1) is 0 Å². The molecule has 3 N–H and O–H groups in total. The zero-order valence-corrected chi connectivity index (χ0v) is 11.9. The summed E-state index contributed by atoms with van der Waals surface area (Å²) < 4.78 is 0. The highest BCUT2D eigenvalue weighted by Crippen LogP contribution is 2.13. The summed E-state index contributed by atoms with van der Waals surface area (Å²) >= 11 is 0. The molecule has 0 aliphatic heterocycles. The van der Waals surface area contributed by atoms with E-state index in [4.69, 9.17) is 5.73 Å². The maximum Gasteiger partial charge on any atom is 0.133 e. The SMILES string of the molecule is CCCCCC(C)Nc1cc(N)nc(CCC)n1. The van der Waals surface area contributed by atoms with Crippen LogP contribution in [-0.2, 0) is 6.42 Å². The molecule has 0 aliphatic carbocycles. The molecular formula is C14H26N4. The zero-order chi connectivity index (χ0) is 13.4. The minimum Gasteiger partial charge on any atom is -0.384 e. The van der Waals surface area contributed by atoms with Crippen LogP contribution in [0.4, 0.5) is 11.6 Å². The fourth-order valence-electron chi connectivity index (χ4n) is 1.95. The lowest BCUT2D eigenvalue weighted by molar-refractivity contribution is 0.613. The van der Waals surface area contributed by atoms with Crippen LogP contribution in [0.15, 0.2) is 6.07 Å². The molecule has 0 fully saturated rings. The highest BCUT2D eigenvalue weighted by atomic mass is 15.1. The van der Waals surface area contributed by atoms with Crippen molar-refractivity contribution in [2.24, 2.45) is 0 Å². The van der Waals surface area contributed by atoms with E-state index in [9.17, 15) is 0 Å². The molecule has 1 heterocycles. The Morgan fingerprint density at radius 1 is 1.22 bits per heavy atom. The second-order valence-electron chi connectivity index (χ2n) is 4.89. The van der Waals surface area contributed by atoms with E-state index in [-0.39, 0.29) is 0 Å². The summed E-state index contributed by atoms with van der Waals surface area (Å²) in [5, 5.41) is 3.41. The predicted molar refractivity (Wildman–Crippen MR) is 77.7 cm³/mol. The third-order valence-corrected chi connectivity index (χ3v) is 2.90. The van der Waals surface area contributed by atoms with Crippen LogP contribution in [-0.4, -0.2) is 16.0 Å². The zero-order valence-electron chi connectivity index (χ0n) is 11.9. The number of anilines is 2. The first kappa shape index (κ1) is 14.7. The minimum absolute atomic E-state index is 0.431. The lowest BCUT2D eigenvalue weighted by Crippen LogP contribution is -2.17. The third-order valence-electron chi connectivity index (χ3n) is 2.90. The highest BCUT2D eigenvalue weighted by Gasteiger charge is 2.06. The van der Waals surface area contributed by atoms with Gasteiger partial charge in [0.25, 0.3) is 0 Å². The van der Waals surface area contributed by atoms with Crippen LogP contribution in [0.25, 0.3) is 0 Å². The third kappa shape index (κ3) is 5.34. The number of rotatable bonds is 8. The Bertz CT molecular complexity index is 352. The van der Waals surface area contributed by atoms with E-state index in [2.05, 4.69) is 36.1 Å². The lowest BCUT2D eigenvalue weighted by atomic mass is 10.1. The molecule has 4 nitrogen and oxygen atoms in total. The number of aromatic nitrogens is 2. The van der Waals surface area contributed by atoms with E-state index in [1.165, 1.54) is 25.7 Å². The van der Waals surface area contributed by atoms with Gasteiger partial charge in [-0.05, 0) is 19.8 Å². The normalized spacial score (nSPS) is 12.4. The predicted octanol–water partition coefficient (Wildman–Crippen LogP) is 3.39. The topological polar surface area (TPSA) is 63.8 Å².